The number of allylic oxidation sites excluding steroid dienone is 1. The van der Waals surface area contributed by atoms with Gasteiger partial charge in [0.1, 0.15) is 0 Å². The molecule has 0 aromatic carbocycles. The molecule has 2 heterocycles. The van der Waals surface area contributed by atoms with Crippen LogP contribution in [0.25, 0.3) is 0 Å². The smallest absolute Gasteiger partial charge is 0.120 e. The Kier molecular flexibility index (Phi) is 0.0486. The molecule has 18 valence electrons. The Morgan fingerprint density at radius 3 is 2.25 bits per heavy atom. The lowest BCUT2D eigenvalue weighted by Gasteiger charge is -1.46. The molecule has 0 aromatic heterocycles. The molecule has 2 aliphatic rings. The minimum atomic E-state index is 1.04. The Morgan fingerprint density at radius 1 is 2.00 bits per heavy atom. The fourth-order valence-electron chi connectivity index (χ4n) is 0.372. The van der Waals surface area contributed by atoms with Crippen LogP contribution >= 0.6 is 0 Å². The van der Waals surface area contributed by atoms with E-state index in [4.69, 9.17) is 0 Å². The zero-order valence-corrected chi connectivity index (χ0v) is 2.36. The van der Waals surface area contributed by atoms with Gasteiger partial charge in [-0.15, -0.1) is 11.4 Å². The van der Waals surface area contributed by atoms with E-state index in [1.807, 2.05) is 0 Å². The van der Waals surface area contributed by atoms with Gasteiger partial charge in [0.25, 0.3) is 0 Å². The second kappa shape index (κ2) is 0.150. The third-order valence-corrected chi connectivity index (χ3v) is 1.08. The summed E-state index contributed by atoms with van der Waals surface area (Å²) in [7, 11) is 0. The van der Waals surface area contributed by atoms with Crippen LogP contribution in [-0.4, -0.2) is 6.71 Å². The van der Waals surface area contributed by atoms with Crippen LogP contribution in [-0.2, 0) is 0 Å². The summed E-state index contributed by atoms with van der Waals surface area (Å²) < 4.78 is 0. The maximum Gasteiger partial charge on any atom is 0.196 e. The summed E-state index contributed by atoms with van der Waals surface area (Å²) in [5.74, 6) is 2.31. The summed E-state index contributed by atoms with van der Waals surface area (Å²) in [4.78, 5) is 0. The molecule has 2 rings (SSSR count). The first kappa shape index (κ1) is 1.30. The lowest BCUT2D eigenvalue weighted by molar-refractivity contribution is 1.85. The van der Waals surface area contributed by atoms with Crippen LogP contribution in [0.15, 0.2) is 11.4 Å². The highest BCUT2D eigenvalue weighted by Gasteiger charge is 2.43. The van der Waals surface area contributed by atoms with Crippen molar-refractivity contribution in [3.8, 4) is 0 Å². The van der Waals surface area contributed by atoms with E-state index in [0.717, 1.165) is 6.71 Å². The molecule has 0 spiro atoms. The molecule has 0 aliphatic carbocycles. The maximum absolute atomic E-state index is 2.31. The molecule has 2 aliphatic heterocycles. The molecule has 0 bridgehead atoms. The molecule has 1 heteroatoms. The van der Waals surface area contributed by atoms with E-state index in [-0.39, 0.29) is 0 Å². The third kappa shape index (κ3) is 0.0192. The Balaban J connectivity index is 2.85. The highest BCUT2D eigenvalue weighted by atomic mass is 14.1. The van der Waals surface area contributed by atoms with Crippen molar-refractivity contribution in [2.45, 2.75) is 6.32 Å². The first-order valence-corrected chi connectivity index (χ1v) is 1.67. The van der Waals surface area contributed by atoms with Gasteiger partial charge in [0, 0.05) is 0 Å². The zero-order valence-electron chi connectivity index (χ0n) is 2.36. The SMILES string of the molecule is C1=C2CB12. The summed E-state index contributed by atoms with van der Waals surface area (Å²) >= 11 is 0. The van der Waals surface area contributed by atoms with E-state index in [1.165, 1.54) is 6.32 Å². The Labute approximate surface area is 25.6 Å². The van der Waals surface area contributed by atoms with Gasteiger partial charge in [0.15, 0.2) is 6.71 Å². The van der Waals surface area contributed by atoms with Crippen LogP contribution in [0.5, 0.6) is 0 Å². The van der Waals surface area contributed by atoms with Gasteiger partial charge in [-0.1, -0.05) is 6.32 Å². The molecule has 0 N–H and O–H groups in total. The molecule has 0 nitrogen and oxygen atoms in total. The van der Waals surface area contributed by atoms with Crippen LogP contribution < -0.4 is 0 Å². The molecule has 0 atom stereocenters. The Bertz CT molecular complexity index is 83.3. The van der Waals surface area contributed by atoms with Crippen LogP contribution in [0.4, 0.5) is 0 Å². The Hall–Kier alpha value is -0.195. The van der Waals surface area contributed by atoms with Crippen molar-refractivity contribution in [2.75, 3.05) is 0 Å². The largest absolute Gasteiger partial charge is 0.196 e. The number of hydrogen-bond acceptors (Lipinski definition) is 0. The van der Waals surface area contributed by atoms with Crippen molar-refractivity contribution >= 4 is 6.71 Å². The van der Waals surface area contributed by atoms with E-state index in [2.05, 4.69) is 5.98 Å². The molecule has 0 amide bonds. The normalized spacial score (nSPS) is 28.0. The molecular formula is C3H3B. The quantitative estimate of drug-likeness (QED) is 0.351. The molecule has 4 heavy (non-hydrogen) atoms. The van der Waals surface area contributed by atoms with E-state index in [0.29, 0.717) is 0 Å². The number of hydrogen-bond donors (Lipinski definition) is 0. The minimum absolute atomic E-state index is 1.04. The van der Waals surface area contributed by atoms with E-state index in [9.17, 15) is 0 Å². The molecule has 0 aromatic rings. The topological polar surface area (TPSA) is 0 Å². The zero-order chi connectivity index (χ0) is 2.57. The van der Waals surface area contributed by atoms with Crippen LogP contribution in [0.2, 0.25) is 6.32 Å². The predicted molar refractivity (Wildman–Crippen MR) is 18.6 cm³/mol. The second-order valence-corrected chi connectivity index (χ2v) is 1.55. The molecule has 0 saturated carbocycles. The minimum Gasteiger partial charge on any atom is -0.120 e. The van der Waals surface area contributed by atoms with Gasteiger partial charge in [0.2, 0.25) is 0 Å². The van der Waals surface area contributed by atoms with Gasteiger partial charge in [-0.05, 0) is 0 Å². The molecular weight excluding hydrogens is 46.8 g/mol. The fraction of sp³-hybridized carbons (Fsp3) is 0.333. The first-order valence-electron chi connectivity index (χ1n) is 1.67. The monoisotopic (exact) mass is 50.0 g/mol. The average Bonchev–Trinajstić information content (AvgIpc) is 1.36. The van der Waals surface area contributed by atoms with Crippen LogP contribution in [0, 0.1) is 0 Å². The maximum atomic E-state index is 2.31. The molecule has 0 radical (unpaired) electrons. The number of rotatable bonds is 0. The lowest BCUT2D eigenvalue weighted by atomic mass is 9.86. The van der Waals surface area contributed by atoms with Crippen LogP contribution in [0.3, 0.4) is 0 Å². The standard InChI is InChI=1S/C3H3B/c1-3-2-4(1)3/h1H,2H2. The number of fused-ring (bicyclic) bond motifs is 1. The highest BCUT2D eigenvalue weighted by molar-refractivity contribution is 6.96. The van der Waals surface area contributed by atoms with Crippen molar-refractivity contribution in [2.24, 2.45) is 0 Å². The molecule has 1 saturated heterocycles. The van der Waals surface area contributed by atoms with Gasteiger partial charge < -0.3 is 0 Å². The second-order valence-electron chi connectivity index (χ2n) is 1.55. The van der Waals surface area contributed by atoms with Gasteiger partial charge >= 0.3 is 0 Å². The molecule has 1 fully saturated rings. The van der Waals surface area contributed by atoms with Gasteiger partial charge in [0.05, 0.1) is 0 Å². The average molecular weight is 49.9 g/mol. The summed E-state index contributed by atoms with van der Waals surface area (Å²) in [6.45, 7) is 1.04. The fourth-order valence-corrected chi connectivity index (χ4v) is 0.372. The first-order chi connectivity index (χ1) is 1.97. The van der Waals surface area contributed by atoms with Gasteiger partial charge in [-0.3, -0.25) is 0 Å². The van der Waals surface area contributed by atoms with Crippen molar-refractivity contribution in [1.82, 2.24) is 0 Å². The summed E-state index contributed by atoms with van der Waals surface area (Å²) in [5, 5.41) is 0. The van der Waals surface area contributed by atoms with Crippen molar-refractivity contribution in [3.05, 3.63) is 11.4 Å². The van der Waals surface area contributed by atoms with E-state index < -0.39 is 0 Å². The Morgan fingerprint density at radius 2 is 2.25 bits per heavy atom. The summed E-state index contributed by atoms with van der Waals surface area (Å²) in [6.07, 6.45) is 1.44. The van der Waals surface area contributed by atoms with E-state index >= 15 is 0 Å². The summed E-state index contributed by atoms with van der Waals surface area (Å²) in [6, 6.07) is 0. The van der Waals surface area contributed by atoms with Gasteiger partial charge in [-0.25, -0.2) is 0 Å². The predicted octanol–water partition coefficient (Wildman–Crippen LogP) is 0.513. The third-order valence-electron chi connectivity index (χ3n) is 1.08. The van der Waals surface area contributed by atoms with E-state index in [1.54, 1.807) is 5.47 Å². The summed E-state index contributed by atoms with van der Waals surface area (Å²) in [5.41, 5.74) is 1.71. The molecule has 0 unspecified atom stereocenters. The van der Waals surface area contributed by atoms with Crippen molar-refractivity contribution in [3.63, 3.8) is 0 Å². The highest BCUT2D eigenvalue weighted by Crippen LogP contribution is 2.43. The van der Waals surface area contributed by atoms with Gasteiger partial charge in [-0.2, -0.15) is 0 Å². The van der Waals surface area contributed by atoms with Crippen molar-refractivity contribution in [1.29, 1.82) is 0 Å². The van der Waals surface area contributed by atoms with Crippen LogP contribution in [0.1, 0.15) is 0 Å². The lowest BCUT2D eigenvalue weighted by Crippen LogP contribution is -1.54. The van der Waals surface area contributed by atoms with Crippen molar-refractivity contribution < 1.29 is 0 Å².